The van der Waals surface area contributed by atoms with Gasteiger partial charge in [-0.25, -0.2) is 9.37 Å². The van der Waals surface area contributed by atoms with Gasteiger partial charge in [0.2, 0.25) is 0 Å². The molecule has 0 aliphatic heterocycles. The number of thiazole rings is 1. The number of aryl methyl sites for hydroxylation is 2. The van der Waals surface area contributed by atoms with Crippen LogP contribution in [0.5, 0.6) is 0 Å². The molecule has 96 valence electrons. The Morgan fingerprint density at radius 2 is 2.22 bits per heavy atom. The van der Waals surface area contributed by atoms with Gasteiger partial charge in [0.25, 0.3) is 0 Å². The molecule has 0 saturated carbocycles. The number of nitrogens with one attached hydrogen (secondary N) is 1. The van der Waals surface area contributed by atoms with Gasteiger partial charge in [0, 0.05) is 11.1 Å². The van der Waals surface area contributed by atoms with Gasteiger partial charge in [0.05, 0.1) is 11.0 Å². The molecule has 0 aliphatic carbocycles. The fourth-order valence-electron chi connectivity index (χ4n) is 1.89. The highest BCUT2D eigenvalue weighted by molar-refractivity contribution is 7.11. The predicted octanol–water partition coefficient (Wildman–Crippen LogP) is 2.65. The van der Waals surface area contributed by atoms with Crippen molar-refractivity contribution in [2.45, 2.75) is 26.3 Å². The summed E-state index contributed by atoms with van der Waals surface area (Å²) in [6.07, 6.45) is 2.56. The molecule has 2 rings (SSSR count). The Hall–Kier alpha value is -1.30. The fraction of sp³-hybridized carbons (Fsp3) is 0.308. The van der Waals surface area contributed by atoms with Crippen LogP contribution in [-0.2, 0) is 6.42 Å². The van der Waals surface area contributed by atoms with Crippen molar-refractivity contribution in [2.75, 3.05) is 0 Å². The third-order valence-electron chi connectivity index (χ3n) is 2.91. The van der Waals surface area contributed by atoms with Crippen molar-refractivity contribution < 1.29 is 4.39 Å². The second-order valence-electron chi connectivity index (χ2n) is 4.28. The van der Waals surface area contributed by atoms with E-state index in [0.717, 1.165) is 27.4 Å². The van der Waals surface area contributed by atoms with Crippen LogP contribution < -0.4 is 11.3 Å². The lowest BCUT2D eigenvalue weighted by Gasteiger charge is -2.15. The number of hydrogen-bond donors (Lipinski definition) is 2. The second kappa shape index (κ2) is 5.56. The van der Waals surface area contributed by atoms with Crippen molar-refractivity contribution in [3.05, 3.63) is 51.2 Å². The zero-order chi connectivity index (χ0) is 13.1. The van der Waals surface area contributed by atoms with E-state index in [4.69, 9.17) is 5.84 Å². The summed E-state index contributed by atoms with van der Waals surface area (Å²) < 4.78 is 13.0. The van der Waals surface area contributed by atoms with Crippen LogP contribution in [0.1, 0.15) is 27.1 Å². The van der Waals surface area contributed by atoms with Crippen molar-refractivity contribution in [3.63, 3.8) is 0 Å². The Morgan fingerprint density at radius 3 is 2.78 bits per heavy atom. The normalized spacial score (nSPS) is 12.7. The van der Waals surface area contributed by atoms with E-state index < -0.39 is 0 Å². The van der Waals surface area contributed by atoms with Gasteiger partial charge >= 0.3 is 0 Å². The summed E-state index contributed by atoms with van der Waals surface area (Å²) in [7, 11) is 0. The zero-order valence-electron chi connectivity index (χ0n) is 10.4. The number of rotatable bonds is 4. The van der Waals surface area contributed by atoms with E-state index in [1.165, 1.54) is 6.07 Å². The van der Waals surface area contributed by atoms with Gasteiger partial charge in [-0.3, -0.25) is 11.3 Å². The lowest BCUT2D eigenvalue weighted by Crippen LogP contribution is -2.29. The van der Waals surface area contributed by atoms with Gasteiger partial charge < -0.3 is 0 Å². The maximum Gasteiger partial charge on any atom is 0.123 e. The standard InChI is InChI=1S/C13H16FN3S/c1-8-5-11(14)4-3-10(8)6-12(17-15)13-7-16-9(2)18-13/h3-5,7,12,17H,6,15H2,1-2H3. The number of aromatic nitrogens is 1. The number of benzene rings is 1. The predicted molar refractivity (Wildman–Crippen MR) is 71.8 cm³/mol. The number of nitrogens with zero attached hydrogens (tertiary/aromatic N) is 1. The smallest absolute Gasteiger partial charge is 0.123 e. The molecule has 1 aromatic carbocycles. The zero-order valence-corrected chi connectivity index (χ0v) is 11.2. The van der Waals surface area contributed by atoms with Crippen LogP contribution >= 0.6 is 11.3 Å². The summed E-state index contributed by atoms with van der Waals surface area (Å²) in [6, 6.07) is 4.85. The van der Waals surface area contributed by atoms with E-state index in [2.05, 4.69) is 10.4 Å². The molecule has 0 spiro atoms. The van der Waals surface area contributed by atoms with Crippen LogP contribution in [0.4, 0.5) is 4.39 Å². The minimum absolute atomic E-state index is 0.0142. The number of hydrazine groups is 1. The molecule has 0 radical (unpaired) electrons. The summed E-state index contributed by atoms with van der Waals surface area (Å²) in [5.74, 6) is 5.39. The van der Waals surface area contributed by atoms with Crippen molar-refractivity contribution in [2.24, 2.45) is 5.84 Å². The molecule has 0 aliphatic rings. The van der Waals surface area contributed by atoms with Gasteiger partial charge in [0.1, 0.15) is 5.82 Å². The summed E-state index contributed by atoms with van der Waals surface area (Å²) >= 11 is 1.62. The van der Waals surface area contributed by atoms with Gasteiger partial charge in [-0.2, -0.15) is 0 Å². The largest absolute Gasteiger partial charge is 0.271 e. The van der Waals surface area contributed by atoms with E-state index in [-0.39, 0.29) is 11.9 Å². The SMILES string of the molecule is Cc1ncc(C(Cc2ccc(F)cc2C)NN)s1. The molecule has 1 heterocycles. The topological polar surface area (TPSA) is 50.9 Å². The van der Waals surface area contributed by atoms with Gasteiger partial charge in [-0.05, 0) is 43.5 Å². The van der Waals surface area contributed by atoms with E-state index in [9.17, 15) is 4.39 Å². The van der Waals surface area contributed by atoms with E-state index in [0.29, 0.717) is 0 Å². The van der Waals surface area contributed by atoms with Crippen LogP contribution in [-0.4, -0.2) is 4.98 Å². The van der Waals surface area contributed by atoms with Crippen molar-refractivity contribution in [3.8, 4) is 0 Å². The van der Waals surface area contributed by atoms with Crippen molar-refractivity contribution >= 4 is 11.3 Å². The molecule has 3 nitrogen and oxygen atoms in total. The molecular formula is C13H16FN3S. The Balaban J connectivity index is 2.20. The molecule has 0 saturated heterocycles. The Bertz CT molecular complexity index is 539. The summed E-state index contributed by atoms with van der Waals surface area (Å²) in [5, 5.41) is 1.01. The molecule has 3 N–H and O–H groups in total. The Labute approximate surface area is 110 Å². The minimum Gasteiger partial charge on any atom is -0.271 e. The summed E-state index contributed by atoms with van der Waals surface area (Å²) in [4.78, 5) is 5.32. The van der Waals surface area contributed by atoms with E-state index >= 15 is 0 Å². The van der Waals surface area contributed by atoms with Crippen LogP contribution in [0.25, 0.3) is 0 Å². The molecule has 0 bridgehead atoms. The Morgan fingerprint density at radius 1 is 1.44 bits per heavy atom. The van der Waals surface area contributed by atoms with Crippen LogP contribution in [0.3, 0.4) is 0 Å². The van der Waals surface area contributed by atoms with Crippen molar-refractivity contribution in [1.29, 1.82) is 0 Å². The van der Waals surface area contributed by atoms with Crippen LogP contribution in [0, 0.1) is 19.7 Å². The third kappa shape index (κ3) is 2.93. The molecular weight excluding hydrogens is 249 g/mol. The van der Waals surface area contributed by atoms with Crippen molar-refractivity contribution in [1.82, 2.24) is 10.4 Å². The first-order valence-electron chi connectivity index (χ1n) is 5.73. The molecule has 5 heteroatoms. The number of hydrogen-bond acceptors (Lipinski definition) is 4. The fourth-order valence-corrected chi connectivity index (χ4v) is 2.73. The maximum absolute atomic E-state index is 13.0. The molecule has 0 amide bonds. The highest BCUT2D eigenvalue weighted by Crippen LogP contribution is 2.24. The minimum atomic E-state index is -0.206. The average molecular weight is 265 g/mol. The lowest BCUT2D eigenvalue weighted by molar-refractivity contribution is 0.557. The van der Waals surface area contributed by atoms with Crippen LogP contribution in [0.15, 0.2) is 24.4 Å². The quantitative estimate of drug-likeness (QED) is 0.660. The van der Waals surface area contributed by atoms with E-state index in [1.807, 2.05) is 26.1 Å². The maximum atomic E-state index is 13.0. The molecule has 2 aromatic rings. The molecule has 1 unspecified atom stereocenters. The first-order valence-corrected chi connectivity index (χ1v) is 6.55. The first kappa shape index (κ1) is 13.1. The highest BCUT2D eigenvalue weighted by Gasteiger charge is 2.14. The van der Waals surface area contributed by atoms with Gasteiger partial charge in [-0.1, -0.05) is 6.07 Å². The first-order chi connectivity index (χ1) is 8.60. The lowest BCUT2D eigenvalue weighted by atomic mass is 10.0. The Kier molecular flexibility index (Phi) is 4.06. The highest BCUT2D eigenvalue weighted by atomic mass is 32.1. The number of nitrogens with two attached hydrogens (primary N) is 1. The van der Waals surface area contributed by atoms with Gasteiger partial charge in [-0.15, -0.1) is 11.3 Å². The summed E-state index contributed by atoms with van der Waals surface area (Å²) in [5.41, 5.74) is 4.83. The summed E-state index contributed by atoms with van der Waals surface area (Å²) in [6.45, 7) is 3.87. The molecule has 0 fully saturated rings. The van der Waals surface area contributed by atoms with E-state index in [1.54, 1.807) is 17.4 Å². The average Bonchev–Trinajstić information content (AvgIpc) is 2.75. The molecule has 18 heavy (non-hydrogen) atoms. The van der Waals surface area contributed by atoms with Crippen LogP contribution in [0.2, 0.25) is 0 Å². The molecule has 1 atom stereocenters. The van der Waals surface area contributed by atoms with Gasteiger partial charge in [0.15, 0.2) is 0 Å². The molecule has 1 aromatic heterocycles. The monoisotopic (exact) mass is 265 g/mol. The third-order valence-corrected chi connectivity index (χ3v) is 3.94. The second-order valence-corrected chi connectivity index (χ2v) is 5.54. The number of halogens is 1.